The minimum atomic E-state index is -0.807. The maximum absolute atomic E-state index is 13.9. The lowest BCUT2D eigenvalue weighted by molar-refractivity contribution is 0.103. The summed E-state index contributed by atoms with van der Waals surface area (Å²) in [5.74, 6) is -2.14. The lowest BCUT2D eigenvalue weighted by Crippen LogP contribution is -2.09. The Labute approximate surface area is 108 Å². The van der Waals surface area contributed by atoms with E-state index in [4.69, 9.17) is 0 Å². The van der Waals surface area contributed by atoms with E-state index in [1.165, 1.54) is 24.3 Å². The van der Waals surface area contributed by atoms with E-state index in [1.807, 2.05) is 13.0 Å². The van der Waals surface area contributed by atoms with Crippen LogP contribution in [-0.4, -0.2) is 5.78 Å². The van der Waals surface area contributed by atoms with Crippen LogP contribution in [0.1, 0.15) is 33.3 Å². The molecule has 2 aromatic rings. The lowest BCUT2D eigenvalue weighted by atomic mass is 10.0. The van der Waals surface area contributed by atoms with E-state index >= 15 is 0 Å². The van der Waals surface area contributed by atoms with Gasteiger partial charge in [-0.2, -0.15) is 0 Å². The number of aryl methyl sites for hydroxylation is 2. The number of hydrogen-bond donors (Lipinski definition) is 0. The fourth-order valence-electron chi connectivity index (χ4n) is 1.79. The van der Waals surface area contributed by atoms with Crippen molar-refractivity contribution < 1.29 is 13.6 Å². The summed E-state index contributed by atoms with van der Waals surface area (Å²) in [6, 6.07) is 4.27. The van der Waals surface area contributed by atoms with Crippen LogP contribution < -0.4 is 0 Å². The fraction of sp³-hybridized carbons (Fsp3) is 0.214. The smallest absolute Gasteiger partial charge is 0.209 e. The molecule has 0 unspecified atom stereocenters. The number of thiophene rings is 1. The molecule has 1 aromatic heterocycles. The van der Waals surface area contributed by atoms with E-state index in [1.54, 1.807) is 5.38 Å². The number of carbonyl (C=O) groups excluding carboxylic acids is 1. The summed E-state index contributed by atoms with van der Waals surface area (Å²) < 4.78 is 27.5. The molecule has 0 spiro atoms. The van der Waals surface area contributed by atoms with Crippen LogP contribution in [0.4, 0.5) is 8.78 Å². The van der Waals surface area contributed by atoms with Crippen LogP contribution in [0.25, 0.3) is 0 Å². The molecule has 0 aliphatic heterocycles. The minimum Gasteiger partial charge on any atom is -0.287 e. The number of halogens is 2. The summed E-state index contributed by atoms with van der Waals surface area (Å²) in [6.07, 6.45) is 0.666. The molecule has 0 N–H and O–H groups in total. The third-order valence-electron chi connectivity index (χ3n) is 2.85. The monoisotopic (exact) mass is 266 g/mol. The van der Waals surface area contributed by atoms with Crippen LogP contribution in [-0.2, 0) is 6.42 Å². The second kappa shape index (κ2) is 4.98. The van der Waals surface area contributed by atoms with Crippen molar-refractivity contribution in [1.82, 2.24) is 0 Å². The largest absolute Gasteiger partial charge is 0.287 e. The van der Waals surface area contributed by atoms with E-state index in [0.29, 0.717) is 11.3 Å². The van der Waals surface area contributed by atoms with Crippen LogP contribution in [0.15, 0.2) is 23.6 Å². The average molecular weight is 266 g/mol. The van der Waals surface area contributed by atoms with Gasteiger partial charge in [-0.15, -0.1) is 11.3 Å². The second-order valence-corrected chi connectivity index (χ2v) is 4.93. The van der Waals surface area contributed by atoms with Crippen molar-refractivity contribution in [2.75, 3.05) is 0 Å². The second-order valence-electron chi connectivity index (χ2n) is 4.01. The first-order valence-corrected chi connectivity index (χ1v) is 6.49. The number of benzene rings is 1. The van der Waals surface area contributed by atoms with Gasteiger partial charge in [-0.25, -0.2) is 8.78 Å². The van der Waals surface area contributed by atoms with Crippen LogP contribution in [0.2, 0.25) is 0 Å². The zero-order chi connectivity index (χ0) is 13.3. The predicted molar refractivity (Wildman–Crippen MR) is 68.2 cm³/mol. The highest BCUT2D eigenvalue weighted by Gasteiger charge is 2.23. The molecule has 0 aliphatic rings. The van der Waals surface area contributed by atoms with Crippen molar-refractivity contribution in [3.63, 3.8) is 0 Å². The van der Waals surface area contributed by atoms with Gasteiger partial charge >= 0.3 is 0 Å². The highest BCUT2D eigenvalue weighted by atomic mass is 32.1. The van der Waals surface area contributed by atoms with Gasteiger partial charge in [0.15, 0.2) is 0 Å². The highest BCUT2D eigenvalue weighted by Crippen LogP contribution is 2.25. The quantitative estimate of drug-likeness (QED) is 0.763. The third kappa shape index (κ3) is 2.08. The molecule has 1 aromatic carbocycles. The number of carbonyl (C=O) groups is 1. The molecule has 0 atom stereocenters. The SMILES string of the molecule is CCc1ccsc1C(=O)c1c(F)ccc(C)c1F. The standard InChI is InChI=1S/C14H12F2OS/c1-3-9-6-7-18-14(9)13(17)11-10(15)5-4-8(2)12(11)16/h4-7H,3H2,1-2H3. The predicted octanol–water partition coefficient (Wildman–Crippen LogP) is 4.13. The molecule has 1 heterocycles. The molecule has 0 amide bonds. The lowest BCUT2D eigenvalue weighted by Gasteiger charge is -2.06. The van der Waals surface area contributed by atoms with Crippen molar-refractivity contribution >= 4 is 17.1 Å². The zero-order valence-electron chi connectivity index (χ0n) is 10.1. The van der Waals surface area contributed by atoms with Gasteiger partial charge in [-0.3, -0.25) is 4.79 Å². The Morgan fingerprint density at radius 2 is 2.00 bits per heavy atom. The molecule has 0 bridgehead atoms. The summed E-state index contributed by atoms with van der Waals surface area (Å²) in [4.78, 5) is 12.6. The summed E-state index contributed by atoms with van der Waals surface area (Å²) in [6.45, 7) is 3.42. The van der Waals surface area contributed by atoms with E-state index in [2.05, 4.69) is 0 Å². The number of rotatable bonds is 3. The molecular formula is C14H12F2OS. The normalized spacial score (nSPS) is 10.7. The molecule has 94 valence electrons. The van der Waals surface area contributed by atoms with Gasteiger partial charge in [-0.1, -0.05) is 13.0 Å². The highest BCUT2D eigenvalue weighted by molar-refractivity contribution is 7.12. The summed E-state index contributed by atoms with van der Waals surface area (Å²) >= 11 is 1.22. The molecule has 1 nitrogen and oxygen atoms in total. The first kappa shape index (κ1) is 12.9. The molecular weight excluding hydrogens is 254 g/mol. The Balaban J connectivity index is 2.56. The van der Waals surface area contributed by atoms with Crippen molar-refractivity contribution in [3.05, 3.63) is 56.8 Å². The van der Waals surface area contributed by atoms with E-state index in [9.17, 15) is 13.6 Å². The first-order chi connectivity index (χ1) is 8.56. The van der Waals surface area contributed by atoms with Crippen molar-refractivity contribution in [2.45, 2.75) is 20.3 Å². The van der Waals surface area contributed by atoms with Crippen molar-refractivity contribution in [1.29, 1.82) is 0 Å². The Morgan fingerprint density at radius 3 is 2.67 bits per heavy atom. The molecule has 4 heteroatoms. The Morgan fingerprint density at radius 1 is 1.28 bits per heavy atom. The average Bonchev–Trinajstić information content (AvgIpc) is 2.82. The van der Waals surface area contributed by atoms with E-state index in [0.717, 1.165) is 11.6 Å². The number of ketones is 1. The Hall–Kier alpha value is -1.55. The molecule has 0 aliphatic carbocycles. The maximum atomic E-state index is 13.9. The van der Waals surface area contributed by atoms with Gasteiger partial charge in [0.1, 0.15) is 11.6 Å². The third-order valence-corrected chi connectivity index (χ3v) is 3.80. The Kier molecular flexibility index (Phi) is 3.57. The maximum Gasteiger partial charge on any atom is 0.209 e. The van der Waals surface area contributed by atoms with Crippen molar-refractivity contribution in [2.24, 2.45) is 0 Å². The summed E-state index contributed by atoms with van der Waals surface area (Å²) in [7, 11) is 0. The molecule has 18 heavy (non-hydrogen) atoms. The van der Waals surface area contributed by atoms with Gasteiger partial charge in [0.25, 0.3) is 0 Å². The van der Waals surface area contributed by atoms with Gasteiger partial charge in [0.05, 0.1) is 10.4 Å². The van der Waals surface area contributed by atoms with Crippen LogP contribution in [0, 0.1) is 18.6 Å². The van der Waals surface area contributed by atoms with Crippen molar-refractivity contribution in [3.8, 4) is 0 Å². The summed E-state index contributed by atoms with van der Waals surface area (Å²) in [5.41, 5.74) is 0.645. The molecule has 2 rings (SSSR count). The fourth-order valence-corrected chi connectivity index (χ4v) is 2.73. The number of hydrogen-bond acceptors (Lipinski definition) is 2. The van der Waals surface area contributed by atoms with E-state index in [-0.39, 0.29) is 5.56 Å². The van der Waals surface area contributed by atoms with Gasteiger partial charge < -0.3 is 0 Å². The van der Waals surface area contributed by atoms with Gasteiger partial charge in [-0.05, 0) is 42.0 Å². The molecule has 0 saturated carbocycles. The van der Waals surface area contributed by atoms with Crippen LogP contribution in [0.3, 0.4) is 0 Å². The van der Waals surface area contributed by atoms with Crippen LogP contribution in [0.5, 0.6) is 0 Å². The zero-order valence-corrected chi connectivity index (χ0v) is 10.9. The van der Waals surface area contributed by atoms with Gasteiger partial charge in [0.2, 0.25) is 5.78 Å². The Bertz CT molecular complexity index is 602. The molecule has 0 saturated heterocycles. The van der Waals surface area contributed by atoms with Crippen LogP contribution >= 0.6 is 11.3 Å². The minimum absolute atomic E-state index is 0.273. The topological polar surface area (TPSA) is 17.1 Å². The molecule has 0 radical (unpaired) electrons. The van der Waals surface area contributed by atoms with E-state index < -0.39 is 23.0 Å². The first-order valence-electron chi connectivity index (χ1n) is 5.62. The van der Waals surface area contributed by atoms with Gasteiger partial charge in [0, 0.05) is 0 Å². The summed E-state index contributed by atoms with van der Waals surface area (Å²) in [5, 5.41) is 1.76. The molecule has 0 fully saturated rings.